The van der Waals surface area contributed by atoms with Crippen molar-refractivity contribution in [1.82, 2.24) is 9.97 Å². The number of aryl methyl sites for hydroxylation is 1. The number of nitrogens with one attached hydrogen (secondary N) is 1. The van der Waals surface area contributed by atoms with Gasteiger partial charge in [-0.3, -0.25) is 4.79 Å². The average Bonchev–Trinajstić information content (AvgIpc) is 3.14. The summed E-state index contributed by atoms with van der Waals surface area (Å²) in [6.45, 7) is 17.9. The number of aromatic nitrogens is 2. The van der Waals surface area contributed by atoms with Gasteiger partial charge in [-0.05, 0) is 48.9 Å². The molecule has 1 heterocycles. The van der Waals surface area contributed by atoms with Crippen molar-refractivity contribution in [2.24, 2.45) is 0 Å². The Morgan fingerprint density at radius 1 is 0.971 bits per heavy atom. The van der Waals surface area contributed by atoms with Crippen LogP contribution in [-0.4, -0.2) is 39.2 Å². The van der Waals surface area contributed by atoms with E-state index in [0.717, 1.165) is 51.7 Å². The molecule has 3 aromatic rings. The second-order valence-electron chi connectivity index (χ2n) is 11.2. The normalized spacial score (nSPS) is 12.1. The minimum Gasteiger partial charge on any atom is -0.507 e. The van der Waals surface area contributed by atoms with Crippen molar-refractivity contribution in [3.8, 4) is 28.4 Å². The van der Waals surface area contributed by atoms with E-state index in [1.165, 1.54) is 0 Å². The van der Waals surface area contributed by atoms with Crippen LogP contribution < -0.4 is 4.90 Å². The van der Waals surface area contributed by atoms with Crippen molar-refractivity contribution < 1.29 is 15.0 Å². The van der Waals surface area contributed by atoms with Crippen LogP contribution in [0.1, 0.15) is 71.7 Å². The lowest BCUT2D eigenvalue weighted by Gasteiger charge is -2.28. The summed E-state index contributed by atoms with van der Waals surface area (Å²) >= 11 is 0. The zero-order valence-electron chi connectivity index (χ0n) is 22.3. The maximum atomic E-state index is 11.1. The van der Waals surface area contributed by atoms with Crippen LogP contribution in [0.25, 0.3) is 22.6 Å². The van der Waals surface area contributed by atoms with Gasteiger partial charge in [0, 0.05) is 46.7 Å². The number of hydrogen-bond donors (Lipinski definition) is 3. The monoisotopic (exact) mass is 477 g/mol. The molecule has 3 N–H and O–H groups in total. The third-order valence-electron chi connectivity index (χ3n) is 6.37. The number of carboxylic acids is 1. The molecule has 6 heteroatoms. The lowest BCUT2D eigenvalue weighted by molar-refractivity contribution is -0.136. The Morgan fingerprint density at radius 2 is 1.51 bits per heavy atom. The molecule has 0 fully saturated rings. The molecule has 6 nitrogen and oxygen atoms in total. The van der Waals surface area contributed by atoms with E-state index in [4.69, 9.17) is 10.1 Å². The summed E-state index contributed by atoms with van der Waals surface area (Å²) in [5.74, 6) is 0.337. The molecular weight excluding hydrogens is 438 g/mol. The second-order valence-corrected chi connectivity index (χ2v) is 11.2. The number of phenols is 1. The number of carboxylic acid groups (broad SMARTS) is 1. The van der Waals surface area contributed by atoms with Crippen LogP contribution in [0.2, 0.25) is 0 Å². The predicted molar refractivity (Wildman–Crippen MR) is 143 cm³/mol. The van der Waals surface area contributed by atoms with Crippen LogP contribution in [0.15, 0.2) is 36.4 Å². The molecule has 0 spiro atoms. The zero-order valence-corrected chi connectivity index (χ0v) is 22.3. The number of imidazole rings is 1. The molecule has 0 bridgehead atoms. The molecule has 2 aromatic carbocycles. The first kappa shape index (κ1) is 26.3. The molecule has 0 saturated heterocycles. The van der Waals surface area contributed by atoms with Gasteiger partial charge in [0.15, 0.2) is 0 Å². The fourth-order valence-corrected chi connectivity index (χ4v) is 4.32. The van der Waals surface area contributed by atoms with Crippen molar-refractivity contribution in [1.29, 1.82) is 0 Å². The summed E-state index contributed by atoms with van der Waals surface area (Å²) in [6.07, 6.45) is 0.108. The molecular formula is C29H39N3O3. The molecule has 35 heavy (non-hydrogen) atoms. The fourth-order valence-electron chi connectivity index (χ4n) is 4.32. The van der Waals surface area contributed by atoms with Gasteiger partial charge in [0.1, 0.15) is 11.6 Å². The number of rotatable bonds is 7. The van der Waals surface area contributed by atoms with Crippen LogP contribution in [0.3, 0.4) is 0 Å². The lowest BCUT2D eigenvalue weighted by atomic mass is 9.78. The molecule has 3 rings (SSSR count). The van der Waals surface area contributed by atoms with Gasteiger partial charge >= 0.3 is 5.97 Å². The highest BCUT2D eigenvalue weighted by molar-refractivity contribution is 5.71. The number of aromatic hydroxyl groups is 1. The smallest absolute Gasteiger partial charge is 0.305 e. The van der Waals surface area contributed by atoms with Gasteiger partial charge in [-0.25, -0.2) is 4.98 Å². The third kappa shape index (κ3) is 5.87. The highest BCUT2D eigenvalue weighted by Crippen LogP contribution is 2.42. The molecule has 0 saturated carbocycles. The SMILES string of the molecule is CCN(CCC(=O)O)c1ccc(-c2nc(-c3cc(C(C)(C)C)c(O)c(C(C)(C)C)c3)[nH]c2C)cc1. The minimum absolute atomic E-state index is 0.108. The van der Waals surface area contributed by atoms with E-state index in [9.17, 15) is 9.90 Å². The number of nitrogens with zero attached hydrogens (tertiary/aromatic N) is 2. The maximum Gasteiger partial charge on any atom is 0.305 e. The average molecular weight is 478 g/mol. The number of aliphatic carboxylic acids is 1. The van der Waals surface area contributed by atoms with Gasteiger partial charge in [0.05, 0.1) is 12.1 Å². The van der Waals surface area contributed by atoms with Crippen LogP contribution >= 0.6 is 0 Å². The molecule has 0 atom stereocenters. The van der Waals surface area contributed by atoms with E-state index >= 15 is 0 Å². The first-order chi connectivity index (χ1) is 16.2. The van der Waals surface area contributed by atoms with E-state index in [2.05, 4.69) is 51.4 Å². The Balaban J connectivity index is 2.00. The largest absolute Gasteiger partial charge is 0.507 e. The number of carbonyl (C=O) groups is 1. The summed E-state index contributed by atoms with van der Waals surface area (Å²) in [7, 11) is 0. The van der Waals surface area contributed by atoms with Crippen molar-refractivity contribution >= 4 is 11.7 Å². The molecule has 0 radical (unpaired) electrons. The van der Waals surface area contributed by atoms with E-state index in [-0.39, 0.29) is 17.3 Å². The van der Waals surface area contributed by atoms with Crippen molar-refractivity contribution in [2.45, 2.75) is 72.6 Å². The number of anilines is 1. The van der Waals surface area contributed by atoms with E-state index < -0.39 is 5.97 Å². The number of phenolic OH excluding ortho intramolecular Hbond substituents is 1. The first-order valence-corrected chi connectivity index (χ1v) is 12.2. The Labute approximate surface area is 209 Å². The summed E-state index contributed by atoms with van der Waals surface area (Å²) in [5.41, 5.74) is 6.16. The van der Waals surface area contributed by atoms with E-state index in [1.807, 2.05) is 50.2 Å². The Bertz CT molecular complexity index is 1160. The number of aromatic amines is 1. The van der Waals surface area contributed by atoms with Gasteiger partial charge < -0.3 is 20.1 Å². The molecule has 0 aliphatic carbocycles. The lowest BCUT2D eigenvalue weighted by Crippen LogP contribution is -2.25. The van der Waals surface area contributed by atoms with Crippen LogP contribution in [0.5, 0.6) is 5.75 Å². The Hall–Kier alpha value is -3.28. The number of benzene rings is 2. The second kappa shape index (κ2) is 9.76. The van der Waals surface area contributed by atoms with E-state index in [1.54, 1.807) is 0 Å². The first-order valence-electron chi connectivity index (χ1n) is 12.2. The number of H-pyrrole nitrogens is 1. The third-order valence-corrected chi connectivity index (χ3v) is 6.37. The van der Waals surface area contributed by atoms with Gasteiger partial charge in [-0.15, -0.1) is 0 Å². The van der Waals surface area contributed by atoms with Crippen molar-refractivity contribution in [3.05, 3.63) is 53.2 Å². The van der Waals surface area contributed by atoms with Gasteiger partial charge in [0.2, 0.25) is 0 Å². The van der Waals surface area contributed by atoms with Crippen LogP contribution in [-0.2, 0) is 15.6 Å². The predicted octanol–water partition coefficient (Wildman–Crippen LogP) is 6.65. The molecule has 1 aromatic heterocycles. The standard InChI is InChI=1S/C29H39N3O3/c1-9-32(15-14-24(33)34)21-12-10-19(11-13-21)25-18(2)30-27(31-25)20-16-22(28(3,4)5)26(35)23(17-20)29(6,7)8/h10-13,16-17,35H,9,14-15H2,1-8H3,(H,30,31)(H,33,34). The molecule has 0 aliphatic heterocycles. The minimum atomic E-state index is -0.793. The topological polar surface area (TPSA) is 89.5 Å². The zero-order chi connectivity index (χ0) is 26.1. The van der Waals surface area contributed by atoms with E-state index in [0.29, 0.717) is 12.3 Å². The van der Waals surface area contributed by atoms with Gasteiger partial charge in [0.25, 0.3) is 0 Å². The molecule has 188 valence electrons. The molecule has 0 aliphatic rings. The molecule has 0 unspecified atom stereocenters. The van der Waals surface area contributed by atoms with Crippen molar-refractivity contribution in [2.75, 3.05) is 18.0 Å². The molecule has 0 amide bonds. The fraction of sp³-hybridized carbons (Fsp3) is 0.448. The van der Waals surface area contributed by atoms with Crippen LogP contribution in [0.4, 0.5) is 5.69 Å². The highest BCUT2D eigenvalue weighted by Gasteiger charge is 2.27. The Morgan fingerprint density at radius 3 is 1.97 bits per heavy atom. The Kier molecular flexibility index (Phi) is 7.34. The highest BCUT2D eigenvalue weighted by atomic mass is 16.4. The van der Waals surface area contributed by atoms with Gasteiger partial charge in [-0.1, -0.05) is 53.7 Å². The summed E-state index contributed by atoms with van der Waals surface area (Å²) < 4.78 is 0. The van der Waals surface area contributed by atoms with Gasteiger partial charge in [-0.2, -0.15) is 0 Å². The number of hydrogen-bond acceptors (Lipinski definition) is 4. The van der Waals surface area contributed by atoms with Crippen molar-refractivity contribution in [3.63, 3.8) is 0 Å². The summed E-state index contributed by atoms with van der Waals surface area (Å²) in [4.78, 5) is 21.4. The summed E-state index contributed by atoms with van der Waals surface area (Å²) in [6, 6.07) is 12.2. The summed E-state index contributed by atoms with van der Waals surface area (Å²) in [5, 5.41) is 20.1. The maximum absolute atomic E-state index is 11.1. The van der Waals surface area contributed by atoms with Crippen LogP contribution in [0, 0.1) is 6.92 Å². The quantitative estimate of drug-likeness (QED) is 0.354.